The standard InChI is InChI=1S/C18H13NO2S/c1-11-3-4-13-9-14(5-7-17(13)20-11)22-15-6-8-18-16(10-15)19-12(2)21-18/h4-10H,1-2H3. The van der Waals surface area contributed by atoms with Crippen molar-refractivity contribution >= 4 is 28.9 Å². The van der Waals surface area contributed by atoms with Crippen LogP contribution in [0.1, 0.15) is 18.4 Å². The molecule has 0 N–H and O–H groups in total. The molecule has 2 aromatic carbocycles. The van der Waals surface area contributed by atoms with Crippen LogP contribution < -0.4 is 4.74 Å². The summed E-state index contributed by atoms with van der Waals surface area (Å²) >= 11 is 1.69. The topological polar surface area (TPSA) is 35.3 Å². The van der Waals surface area contributed by atoms with Crippen LogP contribution in [0, 0.1) is 6.92 Å². The molecule has 3 aromatic rings. The van der Waals surface area contributed by atoms with Gasteiger partial charge in [-0.25, -0.2) is 4.98 Å². The molecule has 22 heavy (non-hydrogen) atoms. The van der Waals surface area contributed by atoms with Crippen molar-refractivity contribution in [2.45, 2.75) is 23.6 Å². The third-order valence-electron chi connectivity index (χ3n) is 3.38. The molecular weight excluding hydrogens is 294 g/mol. The zero-order chi connectivity index (χ0) is 15.1. The first-order valence-corrected chi connectivity index (χ1v) is 7.79. The third kappa shape index (κ3) is 2.43. The first kappa shape index (κ1) is 13.3. The smallest absolute Gasteiger partial charge is 0.192 e. The lowest BCUT2D eigenvalue weighted by Crippen LogP contribution is -1.95. The Kier molecular flexibility index (Phi) is 3.07. The minimum absolute atomic E-state index is 0.690. The molecule has 0 saturated carbocycles. The van der Waals surface area contributed by atoms with E-state index in [1.54, 1.807) is 11.8 Å². The van der Waals surface area contributed by atoms with Crippen LogP contribution in [0.5, 0.6) is 5.75 Å². The Morgan fingerprint density at radius 2 is 1.86 bits per heavy atom. The molecule has 0 bridgehead atoms. The van der Waals surface area contributed by atoms with Crippen molar-refractivity contribution in [1.29, 1.82) is 0 Å². The van der Waals surface area contributed by atoms with Gasteiger partial charge in [0.15, 0.2) is 11.5 Å². The van der Waals surface area contributed by atoms with Crippen molar-refractivity contribution in [3.05, 3.63) is 59.3 Å². The normalized spacial score (nSPS) is 12.9. The van der Waals surface area contributed by atoms with Crippen molar-refractivity contribution in [2.75, 3.05) is 0 Å². The average Bonchev–Trinajstić information content (AvgIpc) is 2.87. The van der Waals surface area contributed by atoms with Crippen molar-refractivity contribution in [3.8, 4) is 5.75 Å². The Bertz CT molecular complexity index is 949. The lowest BCUT2D eigenvalue weighted by Gasteiger charge is -2.12. The largest absolute Gasteiger partial charge is 0.453 e. The number of oxazole rings is 1. The minimum Gasteiger partial charge on any atom is -0.453 e. The molecule has 0 fully saturated rings. The molecule has 0 radical (unpaired) electrons. The lowest BCUT2D eigenvalue weighted by atomic mass is 10.1. The predicted molar refractivity (Wildman–Crippen MR) is 87.1 cm³/mol. The first-order chi connectivity index (χ1) is 10.7. The van der Waals surface area contributed by atoms with Crippen LogP contribution in [0.15, 0.2) is 62.1 Å². The van der Waals surface area contributed by atoms with E-state index in [1.165, 1.54) is 0 Å². The number of aryl methyl sites for hydroxylation is 1. The Morgan fingerprint density at radius 3 is 2.77 bits per heavy atom. The summed E-state index contributed by atoms with van der Waals surface area (Å²) in [7, 11) is 0. The summed E-state index contributed by atoms with van der Waals surface area (Å²) in [6, 6.07) is 12.2. The molecule has 108 valence electrons. The predicted octanol–water partition coefficient (Wildman–Crippen LogP) is 5.20. The summed E-state index contributed by atoms with van der Waals surface area (Å²) in [4.78, 5) is 6.66. The van der Waals surface area contributed by atoms with Crippen molar-refractivity contribution in [3.63, 3.8) is 0 Å². The fourth-order valence-corrected chi connectivity index (χ4v) is 3.29. The van der Waals surface area contributed by atoms with Crippen LogP contribution in [0.25, 0.3) is 17.2 Å². The highest BCUT2D eigenvalue weighted by atomic mass is 32.2. The summed E-state index contributed by atoms with van der Waals surface area (Å²) in [5, 5.41) is 0. The maximum absolute atomic E-state index is 5.64. The molecule has 2 heterocycles. The molecule has 1 aliphatic heterocycles. The van der Waals surface area contributed by atoms with Gasteiger partial charge >= 0.3 is 0 Å². The number of fused-ring (bicyclic) bond motifs is 2. The van der Waals surface area contributed by atoms with E-state index in [9.17, 15) is 0 Å². The number of ether oxygens (including phenoxy) is 1. The first-order valence-electron chi connectivity index (χ1n) is 6.98. The van der Waals surface area contributed by atoms with Gasteiger partial charge in [0, 0.05) is 29.2 Å². The number of hydrogen-bond acceptors (Lipinski definition) is 4. The van der Waals surface area contributed by atoms with Gasteiger partial charge in [-0.15, -0.1) is 0 Å². The van der Waals surface area contributed by atoms with E-state index in [0.29, 0.717) is 5.89 Å². The van der Waals surface area contributed by atoms with E-state index in [2.05, 4.69) is 22.8 Å². The molecule has 1 aliphatic rings. The quantitative estimate of drug-likeness (QED) is 0.610. The van der Waals surface area contributed by atoms with E-state index in [1.807, 2.05) is 44.2 Å². The number of aromatic nitrogens is 1. The molecule has 4 rings (SSSR count). The van der Waals surface area contributed by atoms with Crippen molar-refractivity contribution in [1.82, 2.24) is 4.98 Å². The van der Waals surface area contributed by atoms with Gasteiger partial charge in [0.2, 0.25) is 0 Å². The van der Waals surface area contributed by atoms with Crippen molar-refractivity contribution < 1.29 is 9.15 Å². The lowest BCUT2D eigenvalue weighted by molar-refractivity contribution is 0.425. The summed E-state index contributed by atoms with van der Waals surface area (Å²) in [5.41, 5.74) is 5.86. The van der Waals surface area contributed by atoms with Crippen LogP contribution in [0.4, 0.5) is 0 Å². The van der Waals surface area contributed by atoms with Gasteiger partial charge in [-0.1, -0.05) is 17.5 Å². The molecule has 0 spiro atoms. The number of hydrogen-bond donors (Lipinski definition) is 0. The van der Waals surface area contributed by atoms with Crippen LogP contribution in [-0.4, -0.2) is 4.98 Å². The molecular formula is C18H13NO2S. The molecule has 0 saturated heterocycles. The summed E-state index contributed by atoms with van der Waals surface area (Å²) in [6.07, 6.45) is 1.96. The number of allylic oxidation sites excluding steroid dienone is 1. The van der Waals surface area contributed by atoms with E-state index >= 15 is 0 Å². The van der Waals surface area contributed by atoms with Crippen molar-refractivity contribution in [2.24, 2.45) is 0 Å². The highest BCUT2D eigenvalue weighted by molar-refractivity contribution is 7.99. The van der Waals surface area contributed by atoms with E-state index < -0.39 is 0 Å². The Morgan fingerprint density at radius 1 is 1.05 bits per heavy atom. The zero-order valence-electron chi connectivity index (χ0n) is 12.2. The maximum atomic E-state index is 5.64. The summed E-state index contributed by atoms with van der Waals surface area (Å²) in [5.74, 6) is 2.36. The van der Waals surface area contributed by atoms with Crippen LogP contribution in [0.3, 0.4) is 0 Å². The van der Waals surface area contributed by atoms with Gasteiger partial charge in [-0.2, -0.15) is 0 Å². The second-order valence-electron chi connectivity index (χ2n) is 5.11. The van der Waals surface area contributed by atoms with Gasteiger partial charge in [0.05, 0.1) is 0 Å². The molecule has 3 nitrogen and oxygen atoms in total. The van der Waals surface area contributed by atoms with E-state index in [0.717, 1.165) is 38.0 Å². The van der Waals surface area contributed by atoms with Gasteiger partial charge in [0.1, 0.15) is 17.0 Å². The fraction of sp³-hybridized carbons (Fsp3) is 0.111. The Labute approximate surface area is 132 Å². The number of benzene rings is 2. The SMILES string of the molecule is CC1=C=Cc2cc(Sc3ccc4oc(C)nc4c3)ccc2O1. The van der Waals surface area contributed by atoms with Crippen LogP contribution in [-0.2, 0) is 0 Å². The second kappa shape index (κ2) is 5.09. The molecule has 0 atom stereocenters. The molecule has 0 aliphatic carbocycles. The van der Waals surface area contributed by atoms with Gasteiger partial charge in [-0.05, 0) is 42.5 Å². The van der Waals surface area contributed by atoms with Gasteiger partial charge in [-0.3, -0.25) is 0 Å². The summed E-state index contributed by atoms with van der Waals surface area (Å²) in [6.45, 7) is 3.76. The second-order valence-corrected chi connectivity index (χ2v) is 6.26. The monoisotopic (exact) mass is 307 g/mol. The maximum Gasteiger partial charge on any atom is 0.192 e. The average molecular weight is 307 g/mol. The Balaban J connectivity index is 1.66. The Hall–Kier alpha value is -2.42. The number of rotatable bonds is 2. The van der Waals surface area contributed by atoms with E-state index in [-0.39, 0.29) is 0 Å². The zero-order valence-corrected chi connectivity index (χ0v) is 13.0. The molecule has 4 heteroatoms. The van der Waals surface area contributed by atoms with Gasteiger partial charge < -0.3 is 9.15 Å². The van der Waals surface area contributed by atoms with Gasteiger partial charge in [0.25, 0.3) is 0 Å². The van der Waals surface area contributed by atoms with Crippen LogP contribution >= 0.6 is 11.8 Å². The fourth-order valence-electron chi connectivity index (χ4n) is 2.39. The highest BCUT2D eigenvalue weighted by Crippen LogP contribution is 2.34. The molecule has 0 amide bonds. The summed E-state index contributed by atoms with van der Waals surface area (Å²) < 4.78 is 11.1. The van der Waals surface area contributed by atoms with Crippen LogP contribution in [0.2, 0.25) is 0 Å². The molecule has 1 aromatic heterocycles. The number of nitrogens with zero attached hydrogens (tertiary/aromatic N) is 1. The highest BCUT2D eigenvalue weighted by Gasteiger charge is 2.09. The minimum atomic E-state index is 0.690. The molecule has 0 unspecified atom stereocenters. The van der Waals surface area contributed by atoms with E-state index in [4.69, 9.17) is 9.15 Å². The third-order valence-corrected chi connectivity index (χ3v) is 4.36.